The standard InChI is InChI=1S/C8H7F2NO/c9-4-1-2-5(10)8-7(4)6(11)3-12-8/h1-2,6H,3,11H2/t6-/m0/s1. The van der Waals surface area contributed by atoms with Gasteiger partial charge in [-0.15, -0.1) is 0 Å². The first-order chi connectivity index (χ1) is 5.70. The molecule has 2 rings (SSSR count). The van der Waals surface area contributed by atoms with Crippen molar-refractivity contribution in [2.75, 3.05) is 6.61 Å². The lowest BCUT2D eigenvalue weighted by Crippen LogP contribution is -2.11. The molecule has 12 heavy (non-hydrogen) atoms. The van der Waals surface area contributed by atoms with Crippen molar-refractivity contribution in [2.24, 2.45) is 5.73 Å². The molecule has 0 bridgehead atoms. The normalized spacial score (nSPS) is 20.4. The van der Waals surface area contributed by atoms with E-state index in [0.717, 1.165) is 12.1 Å². The van der Waals surface area contributed by atoms with Gasteiger partial charge in [0.15, 0.2) is 11.6 Å². The van der Waals surface area contributed by atoms with E-state index in [1.165, 1.54) is 0 Å². The summed E-state index contributed by atoms with van der Waals surface area (Å²) in [5.41, 5.74) is 5.63. The minimum atomic E-state index is -0.556. The van der Waals surface area contributed by atoms with E-state index in [9.17, 15) is 8.78 Å². The molecule has 0 spiro atoms. The SMILES string of the molecule is N[C@H]1COc2c(F)ccc(F)c21. The van der Waals surface area contributed by atoms with E-state index in [1.807, 2.05) is 0 Å². The van der Waals surface area contributed by atoms with Crippen LogP contribution in [0.15, 0.2) is 12.1 Å². The van der Waals surface area contributed by atoms with Gasteiger partial charge in [0, 0.05) is 0 Å². The third kappa shape index (κ3) is 0.881. The van der Waals surface area contributed by atoms with Crippen molar-refractivity contribution in [3.8, 4) is 5.75 Å². The van der Waals surface area contributed by atoms with Crippen LogP contribution in [-0.2, 0) is 0 Å². The van der Waals surface area contributed by atoms with Crippen LogP contribution in [0.5, 0.6) is 5.75 Å². The summed E-state index contributed by atoms with van der Waals surface area (Å²) >= 11 is 0. The highest BCUT2D eigenvalue weighted by Gasteiger charge is 2.27. The predicted molar refractivity (Wildman–Crippen MR) is 38.8 cm³/mol. The van der Waals surface area contributed by atoms with Gasteiger partial charge in [0.05, 0.1) is 11.6 Å². The zero-order chi connectivity index (χ0) is 8.72. The number of hydrogen-bond donors (Lipinski definition) is 1. The van der Waals surface area contributed by atoms with Crippen molar-refractivity contribution < 1.29 is 13.5 Å². The van der Waals surface area contributed by atoms with Gasteiger partial charge in [-0.2, -0.15) is 0 Å². The fourth-order valence-corrected chi connectivity index (χ4v) is 1.30. The lowest BCUT2D eigenvalue weighted by molar-refractivity contribution is 0.319. The number of nitrogens with two attached hydrogens (primary N) is 1. The van der Waals surface area contributed by atoms with Gasteiger partial charge < -0.3 is 10.5 Å². The molecule has 64 valence electrons. The molecule has 1 aromatic carbocycles. The van der Waals surface area contributed by atoms with Crippen molar-refractivity contribution in [1.29, 1.82) is 0 Å². The first-order valence-corrected chi connectivity index (χ1v) is 3.56. The summed E-state index contributed by atoms with van der Waals surface area (Å²) in [5.74, 6) is -1.10. The molecule has 0 fully saturated rings. The van der Waals surface area contributed by atoms with Gasteiger partial charge >= 0.3 is 0 Å². The van der Waals surface area contributed by atoms with Crippen molar-refractivity contribution in [3.05, 3.63) is 29.3 Å². The Hall–Kier alpha value is -1.16. The average Bonchev–Trinajstić information content (AvgIpc) is 2.42. The number of hydrogen-bond acceptors (Lipinski definition) is 2. The van der Waals surface area contributed by atoms with E-state index in [0.29, 0.717) is 0 Å². The fraction of sp³-hybridized carbons (Fsp3) is 0.250. The van der Waals surface area contributed by atoms with Crippen molar-refractivity contribution >= 4 is 0 Å². The molecule has 0 aromatic heterocycles. The minimum Gasteiger partial charge on any atom is -0.488 e. The van der Waals surface area contributed by atoms with E-state index in [1.54, 1.807) is 0 Å². The van der Waals surface area contributed by atoms with Crippen LogP contribution in [0.1, 0.15) is 11.6 Å². The second-order valence-corrected chi connectivity index (χ2v) is 2.69. The smallest absolute Gasteiger partial charge is 0.165 e. The molecule has 0 aliphatic carbocycles. The third-order valence-electron chi connectivity index (χ3n) is 1.87. The highest BCUT2D eigenvalue weighted by molar-refractivity contribution is 5.41. The lowest BCUT2D eigenvalue weighted by Gasteiger charge is -2.01. The van der Waals surface area contributed by atoms with Crippen LogP contribution in [0.25, 0.3) is 0 Å². The fourth-order valence-electron chi connectivity index (χ4n) is 1.30. The first-order valence-electron chi connectivity index (χ1n) is 3.56. The van der Waals surface area contributed by atoms with Gasteiger partial charge in [-0.05, 0) is 12.1 Å². The zero-order valence-corrected chi connectivity index (χ0v) is 6.18. The molecule has 0 amide bonds. The van der Waals surface area contributed by atoms with E-state index < -0.39 is 17.7 Å². The summed E-state index contributed by atoms with van der Waals surface area (Å²) in [6, 6.07) is 1.55. The van der Waals surface area contributed by atoms with Gasteiger partial charge in [0.1, 0.15) is 12.4 Å². The van der Waals surface area contributed by atoms with Gasteiger partial charge in [-0.25, -0.2) is 8.78 Å². The van der Waals surface area contributed by atoms with Crippen molar-refractivity contribution in [1.82, 2.24) is 0 Å². The maximum atomic E-state index is 13.0. The molecule has 2 N–H and O–H groups in total. The summed E-state index contributed by atoms with van der Waals surface area (Å²) in [7, 11) is 0. The summed E-state index contributed by atoms with van der Waals surface area (Å²) in [4.78, 5) is 0. The second-order valence-electron chi connectivity index (χ2n) is 2.69. The summed E-state index contributed by atoms with van der Waals surface area (Å²) in [5, 5.41) is 0. The van der Waals surface area contributed by atoms with Gasteiger partial charge in [0.2, 0.25) is 0 Å². The molecule has 1 atom stereocenters. The molecule has 0 saturated carbocycles. The first kappa shape index (κ1) is 7.49. The van der Waals surface area contributed by atoms with Crippen LogP contribution in [-0.4, -0.2) is 6.61 Å². The van der Waals surface area contributed by atoms with Gasteiger partial charge in [-0.3, -0.25) is 0 Å². The Morgan fingerprint density at radius 2 is 2.00 bits per heavy atom. The van der Waals surface area contributed by atoms with Crippen LogP contribution in [0.4, 0.5) is 8.78 Å². The molecule has 4 heteroatoms. The molecule has 0 radical (unpaired) electrons. The topological polar surface area (TPSA) is 35.2 Å². The molecular weight excluding hydrogens is 164 g/mol. The number of rotatable bonds is 0. The van der Waals surface area contributed by atoms with Crippen molar-refractivity contribution in [3.63, 3.8) is 0 Å². The van der Waals surface area contributed by atoms with Gasteiger partial charge in [-0.1, -0.05) is 0 Å². The number of halogens is 2. The van der Waals surface area contributed by atoms with E-state index in [2.05, 4.69) is 0 Å². The van der Waals surface area contributed by atoms with Crippen LogP contribution >= 0.6 is 0 Å². The van der Waals surface area contributed by atoms with E-state index >= 15 is 0 Å². The minimum absolute atomic E-state index is 0.0394. The number of ether oxygens (including phenoxy) is 1. The maximum Gasteiger partial charge on any atom is 0.165 e. The Balaban J connectivity index is 2.64. The molecule has 0 unspecified atom stereocenters. The lowest BCUT2D eigenvalue weighted by atomic mass is 10.1. The number of benzene rings is 1. The largest absolute Gasteiger partial charge is 0.488 e. The highest BCUT2D eigenvalue weighted by atomic mass is 19.1. The maximum absolute atomic E-state index is 13.0. The van der Waals surface area contributed by atoms with Gasteiger partial charge in [0.25, 0.3) is 0 Å². The Morgan fingerprint density at radius 3 is 2.67 bits per heavy atom. The average molecular weight is 171 g/mol. The van der Waals surface area contributed by atoms with Crippen LogP contribution in [0.3, 0.4) is 0 Å². The Kier molecular flexibility index (Phi) is 1.51. The summed E-state index contributed by atoms with van der Waals surface area (Å²) < 4.78 is 30.8. The Morgan fingerprint density at radius 1 is 1.33 bits per heavy atom. The molecule has 0 saturated heterocycles. The molecule has 1 heterocycles. The van der Waals surface area contributed by atoms with Crippen molar-refractivity contribution in [2.45, 2.75) is 6.04 Å². The van der Waals surface area contributed by atoms with Crippen LogP contribution < -0.4 is 10.5 Å². The Bertz CT molecular complexity index is 327. The summed E-state index contributed by atoms with van der Waals surface area (Å²) in [6.07, 6.45) is 0. The Labute approximate surface area is 67.9 Å². The molecular formula is C8H7F2NO. The third-order valence-corrected chi connectivity index (χ3v) is 1.87. The molecule has 1 aliphatic rings. The highest BCUT2D eigenvalue weighted by Crippen LogP contribution is 2.35. The monoisotopic (exact) mass is 171 g/mol. The number of fused-ring (bicyclic) bond motifs is 1. The molecule has 2 nitrogen and oxygen atoms in total. The van der Waals surface area contributed by atoms with E-state index in [4.69, 9.17) is 10.5 Å². The predicted octanol–water partition coefficient (Wildman–Crippen LogP) is 1.36. The van der Waals surface area contributed by atoms with E-state index in [-0.39, 0.29) is 17.9 Å². The van der Waals surface area contributed by atoms with Crippen LogP contribution in [0, 0.1) is 11.6 Å². The molecule has 1 aromatic rings. The quantitative estimate of drug-likeness (QED) is 0.639. The zero-order valence-electron chi connectivity index (χ0n) is 6.18. The summed E-state index contributed by atoms with van der Waals surface area (Å²) in [6.45, 7) is 0.146. The molecule has 1 aliphatic heterocycles. The van der Waals surface area contributed by atoms with Crippen LogP contribution in [0.2, 0.25) is 0 Å². The second kappa shape index (κ2) is 2.42.